The molecule has 0 N–H and O–H groups in total. The van der Waals surface area contributed by atoms with Crippen LogP contribution in [0.1, 0.15) is 41.0 Å². The fourth-order valence-corrected chi connectivity index (χ4v) is 4.85. The van der Waals surface area contributed by atoms with Gasteiger partial charge in [0, 0.05) is 6.54 Å². The predicted octanol–water partition coefficient (Wildman–Crippen LogP) is 1.76. The lowest BCUT2D eigenvalue weighted by Crippen LogP contribution is -2.29. The summed E-state index contributed by atoms with van der Waals surface area (Å²) >= 11 is 0. The Labute approximate surface area is 265 Å². The molecule has 1 aliphatic rings. The summed E-state index contributed by atoms with van der Waals surface area (Å²) in [6, 6.07) is 8.60. The first-order valence-corrected chi connectivity index (χ1v) is 14.4. The highest BCUT2D eigenvalue weighted by atomic mass is 16.5. The molecular formula is C33H30N2O12. The number of aromatic nitrogens is 2. The van der Waals surface area contributed by atoms with E-state index in [1.165, 1.54) is 68.8 Å². The maximum absolute atomic E-state index is 12.7. The van der Waals surface area contributed by atoms with E-state index in [0.717, 1.165) is 9.13 Å². The van der Waals surface area contributed by atoms with Gasteiger partial charge in [0.2, 0.25) is 0 Å². The van der Waals surface area contributed by atoms with Gasteiger partial charge in [0.1, 0.15) is 0 Å². The first-order valence-electron chi connectivity index (χ1n) is 14.4. The summed E-state index contributed by atoms with van der Waals surface area (Å²) < 4.78 is 20.9. The molecule has 47 heavy (non-hydrogen) atoms. The standard InChI is InChI=1S/C22H18N2O8.C11H12O4/c1-3-23-17(25)13-8-15-16(9-14(13)18(23)26)20(28)24(19(15)27)10-32-22(30)12-6-4-11(5-7-12)21(29)31-2;1-3-15-11(13)9-6-4-8(5-7-9)10(12)14-2/h4-6,8-9,12H,3,7,10H2,1-2H3;4-7H,3H2,1-2H3. The molecule has 0 fully saturated rings. The second-order valence-corrected chi connectivity index (χ2v) is 10.1. The lowest BCUT2D eigenvalue weighted by molar-refractivity contribution is -0.151. The first kappa shape index (κ1) is 34.0. The molecule has 2 heterocycles. The minimum atomic E-state index is -0.720. The van der Waals surface area contributed by atoms with Crippen molar-refractivity contribution in [1.29, 1.82) is 0 Å². The van der Waals surface area contributed by atoms with Crippen molar-refractivity contribution in [2.24, 2.45) is 5.92 Å². The molecule has 2 aromatic heterocycles. The third-order valence-electron chi connectivity index (χ3n) is 7.35. The van der Waals surface area contributed by atoms with Crippen LogP contribution in [0.5, 0.6) is 0 Å². The van der Waals surface area contributed by atoms with Crippen molar-refractivity contribution in [3.8, 4) is 0 Å². The van der Waals surface area contributed by atoms with E-state index in [2.05, 4.69) is 9.47 Å². The topological polar surface area (TPSA) is 183 Å². The van der Waals surface area contributed by atoms with Crippen LogP contribution in [0.4, 0.5) is 0 Å². The fraction of sp³-hybridized carbons (Fsp3) is 0.273. The summed E-state index contributed by atoms with van der Waals surface area (Å²) in [5.74, 6) is -2.70. The molecule has 1 unspecified atom stereocenters. The molecule has 0 saturated heterocycles. The maximum atomic E-state index is 12.7. The van der Waals surface area contributed by atoms with Crippen LogP contribution in [-0.2, 0) is 41.8 Å². The Morgan fingerprint density at radius 1 is 0.702 bits per heavy atom. The second kappa shape index (κ2) is 14.5. The number of nitrogens with zero attached hydrogens (tertiary/aromatic N) is 2. The summed E-state index contributed by atoms with van der Waals surface area (Å²) in [6.45, 7) is 3.28. The summed E-state index contributed by atoms with van der Waals surface area (Å²) in [5.41, 5.74) is -1.34. The van der Waals surface area contributed by atoms with Crippen molar-refractivity contribution in [2.75, 3.05) is 20.8 Å². The SMILES string of the molecule is CCOC(=O)c1ccc(C(=O)OC)cc1.CCn1c(=O)c2cc3c(=O)n(COC(=O)C4C=CC(C(=O)OC)=CC4)c(=O)c3cc2c1=O. The zero-order valence-corrected chi connectivity index (χ0v) is 25.9. The Morgan fingerprint density at radius 3 is 1.62 bits per heavy atom. The Morgan fingerprint density at radius 2 is 1.19 bits per heavy atom. The Hall–Kier alpha value is -5.92. The largest absolute Gasteiger partial charge is 0.465 e. The fourth-order valence-electron chi connectivity index (χ4n) is 4.85. The monoisotopic (exact) mass is 646 g/mol. The van der Waals surface area contributed by atoms with Crippen LogP contribution < -0.4 is 22.2 Å². The molecule has 0 aliphatic heterocycles. The van der Waals surface area contributed by atoms with Gasteiger partial charge in [-0.3, -0.25) is 28.5 Å². The number of benzene rings is 2. The summed E-state index contributed by atoms with van der Waals surface area (Å²) in [6.07, 6.45) is 4.66. The number of carbonyl (C=O) groups is 4. The Kier molecular flexibility index (Phi) is 10.4. The minimum Gasteiger partial charge on any atom is -0.465 e. The van der Waals surface area contributed by atoms with E-state index in [1.807, 2.05) is 0 Å². The lowest BCUT2D eigenvalue weighted by Gasteiger charge is -2.14. The van der Waals surface area contributed by atoms with Crippen molar-refractivity contribution < 1.29 is 38.1 Å². The minimum absolute atomic E-state index is 0.0212. The third-order valence-corrected chi connectivity index (χ3v) is 7.35. The number of fused-ring (bicyclic) bond motifs is 2. The van der Waals surface area contributed by atoms with Gasteiger partial charge < -0.3 is 18.9 Å². The van der Waals surface area contributed by atoms with E-state index < -0.39 is 58.8 Å². The zero-order valence-electron chi connectivity index (χ0n) is 25.9. The Balaban J connectivity index is 0.000000280. The molecule has 4 aromatic rings. The normalized spacial score (nSPS) is 13.8. The van der Waals surface area contributed by atoms with Gasteiger partial charge in [-0.25, -0.2) is 19.0 Å². The van der Waals surface area contributed by atoms with Crippen molar-refractivity contribution in [3.63, 3.8) is 0 Å². The maximum Gasteiger partial charge on any atom is 0.338 e. The van der Waals surface area contributed by atoms with Crippen molar-refractivity contribution in [1.82, 2.24) is 9.13 Å². The van der Waals surface area contributed by atoms with Crippen LogP contribution in [0.25, 0.3) is 21.5 Å². The van der Waals surface area contributed by atoms with Gasteiger partial charge in [-0.2, -0.15) is 0 Å². The first-order chi connectivity index (χ1) is 22.5. The average molecular weight is 647 g/mol. The van der Waals surface area contributed by atoms with E-state index in [9.17, 15) is 38.4 Å². The molecule has 0 saturated carbocycles. The summed E-state index contributed by atoms with van der Waals surface area (Å²) in [7, 11) is 2.56. The highest BCUT2D eigenvalue weighted by Crippen LogP contribution is 2.19. The second-order valence-electron chi connectivity index (χ2n) is 10.1. The van der Waals surface area contributed by atoms with Crippen LogP contribution in [0, 0.1) is 5.92 Å². The quantitative estimate of drug-likeness (QED) is 0.200. The smallest absolute Gasteiger partial charge is 0.338 e. The van der Waals surface area contributed by atoms with Gasteiger partial charge in [-0.05, 0) is 56.7 Å². The molecule has 14 nitrogen and oxygen atoms in total. The van der Waals surface area contributed by atoms with E-state index in [4.69, 9.17) is 9.47 Å². The van der Waals surface area contributed by atoms with Crippen molar-refractivity contribution in [3.05, 3.63) is 113 Å². The molecule has 14 heteroatoms. The van der Waals surface area contributed by atoms with Crippen LogP contribution in [0.2, 0.25) is 0 Å². The predicted molar refractivity (Wildman–Crippen MR) is 168 cm³/mol. The van der Waals surface area contributed by atoms with Gasteiger partial charge >= 0.3 is 23.9 Å². The molecule has 0 amide bonds. The number of hydrogen-bond acceptors (Lipinski definition) is 12. The number of carbonyl (C=O) groups excluding carboxylic acids is 4. The molecule has 0 spiro atoms. The third kappa shape index (κ3) is 6.85. The molecule has 2 aromatic carbocycles. The zero-order chi connectivity index (χ0) is 34.4. The number of esters is 4. The molecule has 1 atom stereocenters. The van der Waals surface area contributed by atoms with E-state index in [-0.39, 0.29) is 34.5 Å². The highest BCUT2D eigenvalue weighted by molar-refractivity contribution is 5.98. The van der Waals surface area contributed by atoms with E-state index >= 15 is 0 Å². The average Bonchev–Trinajstić information content (AvgIpc) is 3.48. The van der Waals surface area contributed by atoms with Gasteiger partial charge in [-0.1, -0.05) is 18.2 Å². The van der Waals surface area contributed by atoms with Crippen LogP contribution in [0.3, 0.4) is 0 Å². The molecule has 5 rings (SSSR count). The molecule has 0 radical (unpaired) electrons. The van der Waals surface area contributed by atoms with Crippen molar-refractivity contribution in [2.45, 2.75) is 33.5 Å². The van der Waals surface area contributed by atoms with Crippen LogP contribution >= 0.6 is 0 Å². The van der Waals surface area contributed by atoms with Gasteiger partial charge in [0.15, 0.2) is 6.73 Å². The molecule has 1 aliphatic carbocycles. The molecular weight excluding hydrogens is 616 g/mol. The number of methoxy groups -OCH3 is 2. The summed E-state index contributed by atoms with van der Waals surface area (Å²) in [4.78, 5) is 96.3. The van der Waals surface area contributed by atoms with Crippen molar-refractivity contribution >= 4 is 45.4 Å². The van der Waals surface area contributed by atoms with Crippen LogP contribution in [-0.4, -0.2) is 53.8 Å². The van der Waals surface area contributed by atoms with Crippen LogP contribution in [0.15, 0.2) is 79.4 Å². The number of allylic oxidation sites excluding steroid dienone is 1. The number of rotatable bonds is 8. The molecule has 0 bridgehead atoms. The Bertz CT molecular complexity index is 2060. The van der Waals surface area contributed by atoms with E-state index in [0.29, 0.717) is 23.3 Å². The van der Waals surface area contributed by atoms with Gasteiger partial charge in [-0.15, -0.1) is 0 Å². The highest BCUT2D eigenvalue weighted by Gasteiger charge is 2.23. The van der Waals surface area contributed by atoms with E-state index in [1.54, 1.807) is 13.8 Å². The molecule has 244 valence electrons. The van der Waals surface area contributed by atoms with Gasteiger partial charge in [0.05, 0.1) is 65.0 Å². The summed E-state index contributed by atoms with van der Waals surface area (Å²) in [5, 5.41) is 0.0894. The van der Waals surface area contributed by atoms with Gasteiger partial charge in [0.25, 0.3) is 22.2 Å². The number of ether oxygens (including phenoxy) is 4. The number of hydrogen-bond donors (Lipinski definition) is 0. The lowest BCUT2D eigenvalue weighted by atomic mass is 9.97.